The van der Waals surface area contributed by atoms with Gasteiger partial charge in [0.25, 0.3) is 0 Å². The van der Waals surface area contributed by atoms with E-state index in [4.69, 9.17) is 4.98 Å². The van der Waals surface area contributed by atoms with Crippen LogP contribution in [0.3, 0.4) is 0 Å². The Hall–Kier alpha value is -3.93. The second-order valence-corrected chi connectivity index (χ2v) is 7.48. The lowest BCUT2D eigenvalue weighted by Crippen LogP contribution is -2.16. The summed E-state index contributed by atoms with van der Waals surface area (Å²) in [5.74, 6) is 1.73. The molecular formula is C24H22N6. The molecule has 1 aliphatic rings. The van der Waals surface area contributed by atoms with Gasteiger partial charge in [-0.05, 0) is 24.1 Å². The summed E-state index contributed by atoms with van der Waals surface area (Å²) in [6.07, 6.45) is 11.5. The fourth-order valence-electron chi connectivity index (χ4n) is 3.74. The van der Waals surface area contributed by atoms with E-state index >= 15 is 0 Å². The van der Waals surface area contributed by atoms with Gasteiger partial charge in [-0.1, -0.05) is 36.9 Å². The summed E-state index contributed by atoms with van der Waals surface area (Å²) in [5.41, 5.74) is 6.29. The number of hydrogen-bond donors (Lipinski definition) is 0. The zero-order valence-corrected chi connectivity index (χ0v) is 17.0. The third-order valence-corrected chi connectivity index (χ3v) is 5.42. The standard InChI is InChI=1S/C24H22N6/c1-17-11-20(15-28(3)18(17)2)24-27-21-13-26-23(29-10-9-25-16-29)12-22(21)30(24)14-19-7-5-4-6-8-19/h4-13,15-16H,2,14H2,1,3H3. The number of allylic oxidation sites excluding steroid dienone is 3. The van der Waals surface area contributed by atoms with Gasteiger partial charge < -0.3 is 9.47 Å². The van der Waals surface area contributed by atoms with Crippen molar-refractivity contribution >= 4 is 16.6 Å². The average Bonchev–Trinajstić information content (AvgIpc) is 3.41. The van der Waals surface area contributed by atoms with Gasteiger partial charge in [-0.25, -0.2) is 15.0 Å². The zero-order chi connectivity index (χ0) is 20.7. The molecule has 148 valence electrons. The fraction of sp³-hybridized carbons (Fsp3) is 0.125. The Bertz CT molecular complexity index is 1290. The SMILES string of the molecule is C=C1C(C)=CC(c2nc3cnc(-n4ccnc4)cc3n2Cc2ccccc2)=CN1C. The number of benzene rings is 1. The molecule has 0 saturated heterocycles. The van der Waals surface area contributed by atoms with E-state index in [2.05, 4.69) is 70.6 Å². The predicted molar refractivity (Wildman–Crippen MR) is 119 cm³/mol. The quantitative estimate of drug-likeness (QED) is 0.514. The van der Waals surface area contributed by atoms with Gasteiger partial charge in [-0.15, -0.1) is 0 Å². The lowest BCUT2D eigenvalue weighted by Gasteiger charge is -2.24. The summed E-state index contributed by atoms with van der Waals surface area (Å²) in [5, 5.41) is 0. The monoisotopic (exact) mass is 394 g/mol. The van der Waals surface area contributed by atoms with Crippen molar-refractivity contribution < 1.29 is 0 Å². The number of imidazole rings is 2. The first kappa shape index (κ1) is 18.1. The number of nitrogens with zero attached hydrogens (tertiary/aromatic N) is 6. The Morgan fingerprint density at radius 1 is 1.13 bits per heavy atom. The van der Waals surface area contributed by atoms with Crippen LogP contribution in [0.15, 0.2) is 91.4 Å². The predicted octanol–water partition coefficient (Wildman–Crippen LogP) is 4.41. The molecule has 4 heterocycles. The van der Waals surface area contributed by atoms with Crippen LogP contribution in [0.1, 0.15) is 18.3 Å². The molecule has 1 aliphatic heterocycles. The van der Waals surface area contributed by atoms with E-state index in [0.29, 0.717) is 0 Å². The van der Waals surface area contributed by atoms with Crippen LogP contribution in [0.5, 0.6) is 0 Å². The fourth-order valence-corrected chi connectivity index (χ4v) is 3.74. The normalized spacial score (nSPS) is 14.2. The summed E-state index contributed by atoms with van der Waals surface area (Å²) in [6, 6.07) is 12.5. The van der Waals surface area contributed by atoms with E-state index in [1.165, 1.54) is 5.56 Å². The number of pyridine rings is 1. The molecule has 5 rings (SSSR count). The van der Waals surface area contributed by atoms with Gasteiger partial charge in [-0.2, -0.15) is 0 Å². The number of hydrogen-bond acceptors (Lipinski definition) is 4. The molecule has 0 amide bonds. The molecule has 0 unspecified atom stereocenters. The highest BCUT2D eigenvalue weighted by atomic mass is 15.1. The molecule has 0 aliphatic carbocycles. The summed E-state index contributed by atoms with van der Waals surface area (Å²) in [7, 11) is 2.02. The van der Waals surface area contributed by atoms with Crippen LogP contribution >= 0.6 is 0 Å². The van der Waals surface area contributed by atoms with Crippen LogP contribution in [0, 0.1) is 0 Å². The van der Waals surface area contributed by atoms with E-state index in [9.17, 15) is 0 Å². The summed E-state index contributed by atoms with van der Waals surface area (Å²) in [4.78, 5) is 15.7. The highest BCUT2D eigenvalue weighted by Crippen LogP contribution is 2.30. The number of aromatic nitrogens is 5. The maximum Gasteiger partial charge on any atom is 0.143 e. The van der Waals surface area contributed by atoms with Gasteiger partial charge in [0.15, 0.2) is 0 Å². The Kier molecular flexibility index (Phi) is 4.32. The molecule has 0 spiro atoms. The van der Waals surface area contributed by atoms with Gasteiger partial charge in [-0.3, -0.25) is 4.57 Å². The maximum absolute atomic E-state index is 4.96. The minimum atomic E-state index is 0.717. The first-order chi connectivity index (χ1) is 14.6. The number of fused-ring (bicyclic) bond motifs is 1. The molecular weight excluding hydrogens is 372 g/mol. The Morgan fingerprint density at radius 2 is 1.97 bits per heavy atom. The minimum absolute atomic E-state index is 0.717. The van der Waals surface area contributed by atoms with Crippen molar-refractivity contribution in [2.45, 2.75) is 13.5 Å². The molecule has 0 radical (unpaired) electrons. The van der Waals surface area contributed by atoms with Crippen LogP contribution < -0.4 is 0 Å². The van der Waals surface area contributed by atoms with Crippen LogP contribution in [0.4, 0.5) is 0 Å². The van der Waals surface area contributed by atoms with Gasteiger partial charge in [0.1, 0.15) is 23.5 Å². The molecule has 1 aromatic carbocycles. The molecule has 0 bridgehead atoms. The molecule has 3 aromatic heterocycles. The topological polar surface area (TPSA) is 51.8 Å². The second-order valence-electron chi connectivity index (χ2n) is 7.48. The van der Waals surface area contributed by atoms with Crippen molar-refractivity contribution in [2.24, 2.45) is 0 Å². The average molecular weight is 394 g/mol. The third-order valence-electron chi connectivity index (χ3n) is 5.42. The molecule has 0 N–H and O–H groups in total. The van der Waals surface area contributed by atoms with Crippen LogP contribution in [-0.4, -0.2) is 36.0 Å². The molecule has 0 fully saturated rings. The van der Waals surface area contributed by atoms with Gasteiger partial charge >= 0.3 is 0 Å². The molecule has 0 saturated carbocycles. The lowest BCUT2D eigenvalue weighted by atomic mass is 10.1. The zero-order valence-electron chi connectivity index (χ0n) is 17.0. The van der Waals surface area contributed by atoms with Crippen molar-refractivity contribution in [1.82, 2.24) is 29.0 Å². The molecule has 0 atom stereocenters. The first-order valence-corrected chi connectivity index (χ1v) is 9.81. The number of likely N-dealkylation sites (N-methyl/N-ethyl adjacent to an activating group) is 1. The van der Waals surface area contributed by atoms with Crippen LogP contribution in [0.25, 0.3) is 22.4 Å². The highest BCUT2D eigenvalue weighted by molar-refractivity contribution is 5.83. The Morgan fingerprint density at radius 3 is 2.70 bits per heavy atom. The van der Waals surface area contributed by atoms with E-state index in [0.717, 1.165) is 46.1 Å². The molecule has 4 aromatic rings. The Balaban J connectivity index is 1.70. The van der Waals surface area contributed by atoms with E-state index in [1.54, 1.807) is 12.5 Å². The van der Waals surface area contributed by atoms with Crippen LogP contribution in [-0.2, 0) is 6.54 Å². The van der Waals surface area contributed by atoms with E-state index in [-0.39, 0.29) is 0 Å². The van der Waals surface area contributed by atoms with Crippen molar-refractivity contribution in [2.75, 3.05) is 7.05 Å². The van der Waals surface area contributed by atoms with Gasteiger partial charge in [0.05, 0.1) is 11.7 Å². The third kappa shape index (κ3) is 3.12. The summed E-state index contributed by atoms with van der Waals surface area (Å²) >= 11 is 0. The van der Waals surface area contributed by atoms with Crippen molar-refractivity contribution in [3.63, 3.8) is 0 Å². The largest absolute Gasteiger partial charge is 0.351 e. The van der Waals surface area contributed by atoms with Crippen molar-refractivity contribution in [3.05, 3.63) is 103 Å². The first-order valence-electron chi connectivity index (χ1n) is 9.81. The summed E-state index contributed by atoms with van der Waals surface area (Å²) < 4.78 is 4.16. The highest BCUT2D eigenvalue weighted by Gasteiger charge is 2.19. The number of rotatable bonds is 4. The molecule has 6 heteroatoms. The molecule has 6 nitrogen and oxygen atoms in total. The van der Waals surface area contributed by atoms with Gasteiger partial charge in [0.2, 0.25) is 0 Å². The van der Waals surface area contributed by atoms with E-state index in [1.807, 2.05) is 35.0 Å². The van der Waals surface area contributed by atoms with E-state index < -0.39 is 0 Å². The summed E-state index contributed by atoms with van der Waals surface area (Å²) in [6.45, 7) is 6.94. The van der Waals surface area contributed by atoms with Crippen molar-refractivity contribution in [1.29, 1.82) is 0 Å². The second kappa shape index (κ2) is 7.15. The van der Waals surface area contributed by atoms with Crippen molar-refractivity contribution in [3.8, 4) is 5.82 Å². The van der Waals surface area contributed by atoms with Crippen LogP contribution in [0.2, 0.25) is 0 Å². The minimum Gasteiger partial charge on any atom is -0.351 e. The lowest BCUT2D eigenvalue weighted by molar-refractivity contribution is 0.577. The smallest absolute Gasteiger partial charge is 0.143 e. The maximum atomic E-state index is 4.96. The molecule has 30 heavy (non-hydrogen) atoms. The van der Waals surface area contributed by atoms with Gasteiger partial charge in [0, 0.05) is 49.5 Å². The Labute approximate surface area is 175 Å².